The lowest BCUT2D eigenvalue weighted by Crippen LogP contribution is -2.34. The molecule has 2 aromatic rings. The number of benzene rings is 2. The molecule has 1 fully saturated rings. The fourth-order valence-electron chi connectivity index (χ4n) is 2.80. The molecule has 1 saturated carbocycles. The Morgan fingerprint density at radius 3 is 2.67 bits per heavy atom. The number of ether oxygens (including phenoxy) is 1. The summed E-state index contributed by atoms with van der Waals surface area (Å²) in [5.41, 5.74) is 2.35. The van der Waals surface area contributed by atoms with E-state index in [2.05, 4.69) is 39.4 Å². The summed E-state index contributed by atoms with van der Waals surface area (Å²) in [5, 5.41) is 4.44. The predicted molar refractivity (Wildman–Crippen MR) is 91.5 cm³/mol. The minimum Gasteiger partial charge on any atom is -0.497 e. The minimum atomic E-state index is 0.491. The molecule has 21 heavy (non-hydrogen) atoms. The Labute approximate surface area is 138 Å². The van der Waals surface area contributed by atoms with Gasteiger partial charge in [0.1, 0.15) is 5.75 Å². The van der Waals surface area contributed by atoms with Crippen LogP contribution in [0.2, 0.25) is 5.02 Å². The van der Waals surface area contributed by atoms with Crippen molar-refractivity contribution in [3.05, 3.63) is 57.5 Å². The van der Waals surface area contributed by atoms with Crippen LogP contribution < -0.4 is 10.1 Å². The number of nitrogens with one attached hydrogen (secondary N) is 1. The first kappa shape index (κ1) is 14.7. The fraction of sp³-hybridized carbons (Fsp3) is 0.294. The van der Waals surface area contributed by atoms with Crippen molar-refractivity contribution in [3.8, 4) is 5.75 Å². The number of hydrogen-bond donors (Lipinski definition) is 1. The second-order valence-corrected chi connectivity index (χ2v) is 6.73. The Balaban J connectivity index is 1.62. The van der Waals surface area contributed by atoms with Crippen molar-refractivity contribution in [1.82, 2.24) is 0 Å². The molecule has 1 aliphatic rings. The van der Waals surface area contributed by atoms with E-state index in [1.807, 2.05) is 24.3 Å². The molecule has 0 amide bonds. The van der Waals surface area contributed by atoms with Gasteiger partial charge in [-0.1, -0.05) is 45.7 Å². The summed E-state index contributed by atoms with van der Waals surface area (Å²) in [7, 11) is 1.68. The Morgan fingerprint density at radius 1 is 1.19 bits per heavy atom. The van der Waals surface area contributed by atoms with E-state index in [1.54, 1.807) is 7.11 Å². The molecule has 110 valence electrons. The van der Waals surface area contributed by atoms with Crippen LogP contribution in [0.1, 0.15) is 24.3 Å². The summed E-state index contributed by atoms with van der Waals surface area (Å²) >= 11 is 9.76. The highest BCUT2D eigenvalue weighted by Gasteiger charge is 2.31. The SMILES string of the molecule is COc1cc(Br)cc(NC2CC(c3ccccc3Cl)C2)c1. The van der Waals surface area contributed by atoms with Crippen LogP contribution in [-0.2, 0) is 0 Å². The van der Waals surface area contributed by atoms with Gasteiger partial charge >= 0.3 is 0 Å². The van der Waals surface area contributed by atoms with Gasteiger partial charge in [0.25, 0.3) is 0 Å². The highest BCUT2D eigenvalue weighted by atomic mass is 79.9. The molecule has 1 aliphatic carbocycles. The van der Waals surface area contributed by atoms with Crippen LogP contribution in [-0.4, -0.2) is 13.2 Å². The summed E-state index contributed by atoms with van der Waals surface area (Å²) in [5.74, 6) is 1.42. The van der Waals surface area contributed by atoms with E-state index < -0.39 is 0 Å². The zero-order valence-corrected chi connectivity index (χ0v) is 14.1. The lowest BCUT2D eigenvalue weighted by atomic mass is 9.76. The Bertz CT molecular complexity index is 640. The van der Waals surface area contributed by atoms with Gasteiger partial charge in [0.2, 0.25) is 0 Å². The van der Waals surface area contributed by atoms with Gasteiger partial charge in [0, 0.05) is 27.3 Å². The normalized spacial score (nSPS) is 20.7. The second kappa shape index (κ2) is 6.29. The first-order chi connectivity index (χ1) is 10.2. The standard InChI is InChI=1S/C17H17BrClNO/c1-21-15-9-12(18)8-14(10-15)20-13-6-11(7-13)16-4-2-3-5-17(16)19/h2-5,8-11,13,20H,6-7H2,1H3. The van der Waals surface area contributed by atoms with Crippen LogP contribution in [0, 0.1) is 0 Å². The highest BCUT2D eigenvalue weighted by molar-refractivity contribution is 9.10. The van der Waals surface area contributed by atoms with Gasteiger partial charge in [0.15, 0.2) is 0 Å². The Morgan fingerprint density at radius 2 is 1.95 bits per heavy atom. The molecule has 0 bridgehead atoms. The van der Waals surface area contributed by atoms with Crippen molar-refractivity contribution in [2.75, 3.05) is 12.4 Å². The smallest absolute Gasteiger partial charge is 0.122 e. The van der Waals surface area contributed by atoms with E-state index >= 15 is 0 Å². The van der Waals surface area contributed by atoms with Gasteiger partial charge < -0.3 is 10.1 Å². The third-order valence-corrected chi connectivity index (χ3v) is 4.76. The average molecular weight is 367 g/mol. The van der Waals surface area contributed by atoms with E-state index in [1.165, 1.54) is 5.56 Å². The number of hydrogen-bond acceptors (Lipinski definition) is 2. The number of methoxy groups -OCH3 is 1. The van der Waals surface area contributed by atoms with Crippen molar-refractivity contribution in [1.29, 1.82) is 0 Å². The molecule has 0 spiro atoms. The van der Waals surface area contributed by atoms with E-state index in [0.29, 0.717) is 12.0 Å². The molecule has 0 atom stereocenters. The largest absolute Gasteiger partial charge is 0.497 e. The van der Waals surface area contributed by atoms with Gasteiger partial charge in [-0.05, 0) is 42.5 Å². The first-order valence-electron chi connectivity index (χ1n) is 7.01. The molecule has 0 unspecified atom stereocenters. The van der Waals surface area contributed by atoms with Crippen molar-refractivity contribution in [2.24, 2.45) is 0 Å². The third-order valence-electron chi connectivity index (χ3n) is 3.96. The van der Waals surface area contributed by atoms with Crippen LogP contribution in [0.25, 0.3) is 0 Å². The average Bonchev–Trinajstić information content (AvgIpc) is 2.43. The third kappa shape index (κ3) is 3.35. The van der Waals surface area contributed by atoms with E-state index in [-0.39, 0.29) is 0 Å². The Hall–Kier alpha value is -1.19. The quantitative estimate of drug-likeness (QED) is 0.774. The number of rotatable bonds is 4. The van der Waals surface area contributed by atoms with E-state index in [9.17, 15) is 0 Å². The van der Waals surface area contributed by atoms with E-state index in [0.717, 1.165) is 33.8 Å². The highest BCUT2D eigenvalue weighted by Crippen LogP contribution is 2.41. The molecule has 0 aliphatic heterocycles. The van der Waals surface area contributed by atoms with Gasteiger partial charge in [-0.25, -0.2) is 0 Å². The fourth-order valence-corrected chi connectivity index (χ4v) is 3.56. The first-order valence-corrected chi connectivity index (χ1v) is 8.18. The maximum absolute atomic E-state index is 6.26. The van der Waals surface area contributed by atoms with Crippen LogP contribution in [0.5, 0.6) is 5.75 Å². The molecule has 2 aromatic carbocycles. The van der Waals surface area contributed by atoms with Crippen molar-refractivity contribution in [3.63, 3.8) is 0 Å². The van der Waals surface area contributed by atoms with E-state index in [4.69, 9.17) is 16.3 Å². The molecule has 0 heterocycles. The van der Waals surface area contributed by atoms with Gasteiger partial charge in [-0.3, -0.25) is 0 Å². The molecule has 2 nitrogen and oxygen atoms in total. The maximum Gasteiger partial charge on any atom is 0.122 e. The van der Waals surface area contributed by atoms with Crippen LogP contribution in [0.15, 0.2) is 46.9 Å². The van der Waals surface area contributed by atoms with Gasteiger partial charge in [-0.2, -0.15) is 0 Å². The summed E-state index contributed by atoms with van der Waals surface area (Å²) < 4.78 is 6.31. The molecular weight excluding hydrogens is 350 g/mol. The topological polar surface area (TPSA) is 21.3 Å². The second-order valence-electron chi connectivity index (χ2n) is 5.41. The zero-order chi connectivity index (χ0) is 14.8. The van der Waals surface area contributed by atoms with Crippen LogP contribution in [0.3, 0.4) is 0 Å². The summed E-state index contributed by atoms with van der Waals surface area (Å²) in [6.07, 6.45) is 2.22. The molecule has 3 rings (SSSR count). The maximum atomic E-state index is 6.26. The molecule has 0 aromatic heterocycles. The van der Waals surface area contributed by atoms with Crippen molar-refractivity contribution in [2.45, 2.75) is 24.8 Å². The molecule has 4 heteroatoms. The molecule has 1 N–H and O–H groups in total. The minimum absolute atomic E-state index is 0.491. The van der Waals surface area contributed by atoms with Crippen LogP contribution in [0.4, 0.5) is 5.69 Å². The number of anilines is 1. The summed E-state index contributed by atoms with van der Waals surface area (Å²) in [4.78, 5) is 0. The molecule has 0 saturated heterocycles. The molecule has 0 radical (unpaired) electrons. The predicted octanol–water partition coefficient (Wildman–Crippen LogP) is 5.47. The lowest BCUT2D eigenvalue weighted by Gasteiger charge is -2.37. The molecular formula is C17H17BrClNO. The monoisotopic (exact) mass is 365 g/mol. The van der Waals surface area contributed by atoms with Gasteiger partial charge in [-0.15, -0.1) is 0 Å². The summed E-state index contributed by atoms with van der Waals surface area (Å²) in [6.45, 7) is 0. The lowest BCUT2D eigenvalue weighted by molar-refractivity contribution is 0.374. The van der Waals surface area contributed by atoms with Crippen LogP contribution >= 0.6 is 27.5 Å². The van der Waals surface area contributed by atoms with Crippen molar-refractivity contribution < 1.29 is 4.74 Å². The van der Waals surface area contributed by atoms with Gasteiger partial charge in [0.05, 0.1) is 7.11 Å². The van der Waals surface area contributed by atoms with Crippen molar-refractivity contribution >= 4 is 33.2 Å². The zero-order valence-electron chi connectivity index (χ0n) is 11.8. The Kier molecular flexibility index (Phi) is 4.41. The number of halogens is 2. The summed E-state index contributed by atoms with van der Waals surface area (Å²) in [6, 6.07) is 14.7.